The minimum absolute atomic E-state index is 0.209. The Labute approximate surface area is 249 Å². The third-order valence-corrected chi connectivity index (χ3v) is 9.49. The first-order chi connectivity index (χ1) is 20.2. The zero-order valence-electron chi connectivity index (χ0n) is 23.5. The standard InChI is InChI=1S/C36H29ClN2O3/c1-20-12-15-23(16-13-20)33(40)32-31(34(41)24-8-4-6-10-27(24)37)36(26-9-5-7-11-28(26)38-35(36)42)30-19-22(3)25-18-21(2)14-17-29(25)39(30)32/h4-19,30-32H,1-3H3,(H,38,42)/t30-,31-,32+,36-/m1/s1. The number of carbonyl (C=O) groups is 3. The fourth-order valence-corrected chi connectivity index (χ4v) is 7.49. The van der Waals surface area contributed by atoms with E-state index in [1.165, 1.54) is 0 Å². The summed E-state index contributed by atoms with van der Waals surface area (Å²) >= 11 is 6.63. The molecule has 0 aromatic heterocycles. The number of Topliss-reactive ketones (excluding diaryl/α,β-unsaturated/α-hetero) is 2. The van der Waals surface area contributed by atoms with E-state index in [9.17, 15) is 14.4 Å². The van der Waals surface area contributed by atoms with Crippen LogP contribution in [0.4, 0.5) is 11.4 Å². The van der Waals surface area contributed by atoms with Crippen molar-refractivity contribution in [2.75, 3.05) is 10.2 Å². The van der Waals surface area contributed by atoms with E-state index in [4.69, 9.17) is 11.6 Å². The zero-order valence-corrected chi connectivity index (χ0v) is 24.3. The molecule has 1 N–H and O–H groups in total. The number of aryl methyl sites for hydroxylation is 2. The molecule has 1 amide bonds. The molecule has 208 valence electrons. The average Bonchev–Trinajstić information content (AvgIpc) is 3.45. The number of nitrogens with one attached hydrogen (secondary N) is 1. The van der Waals surface area contributed by atoms with Gasteiger partial charge in [-0.2, -0.15) is 0 Å². The van der Waals surface area contributed by atoms with Crippen molar-refractivity contribution in [3.05, 3.63) is 135 Å². The van der Waals surface area contributed by atoms with Gasteiger partial charge in [0.2, 0.25) is 5.91 Å². The van der Waals surface area contributed by atoms with Crippen molar-refractivity contribution >= 4 is 46.0 Å². The van der Waals surface area contributed by atoms with Crippen molar-refractivity contribution in [1.82, 2.24) is 0 Å². The molecule has 0 unspecified atom stereocenters. The number of nitrogens with zero attached hydrogens (tertiary/aromatic N) is 1. The molecule has 4 atom stereocenters. The second-order valence-corrected chi connectivity index (χ2v) is 12.0. The van der Waals surface area contributed by atoms with E-state index in [0.29, 0.717) is 27.4 Å². The number of amides is 1. The normalized spacial score (nSPS) is 23.6. The van der Waals surface area contributed by atoms with Crippen molar-refractivity contribution < 1.29 is 14.4 Å². The summed E-state index contributed by atoms with van der Waals surface area (Å²) in [5.41, 5.74) is 5.72. The fourth-order valence-electron chi connectivity index (χ4n) is 7.26. The molecule has 1 spiro atoms. The second kappa shape index (κ2) is 9.53. The summed E-state index contributed by atoms with van der Waals surface area (Å²) in [6.45, 7) is 6.03. The molecule has 0 saturated carbocycles. The highest BCUT2D eigenvalue weighted by Crippen LogP contribution is 2.59. The maximum atomic E-state index is 14.9. The van der Waals surface area contributed by atoms with Crippen LogP contribution in [0.25, 0.3) is 5.57 Å². The molecule has 4 aromatic rings. The first-order valence-electron chi connectivity index (χ1n) is 14.1. The Morgan fingerprint density at radius 1 is 0.833 bits per heavy atom. The van der Waals surface area contributed by atoms with Crippen molar-refractivity contribution in [3.63, 3.8) is 0 Å². The molecular formula is C36H29ClN2O3. The number of carbonyl (C=O) groups excluding carboxylic acids is 3. The van der Waals surface area contributed by atoms with Gasteiger partial charge >= 0.3 is 0 Å². The van der Waals surface area contributed by atoms with E-state index in [1.54, 1.807) is 36.4 Å². The number of allylic oxidation sites excluding steroid dienone is 1. The summed E-state index contributed by atoms with van der Waals surface area (Å²) < 4.78 is 0. The molecule has 0 bridgehead atoms. The van der Waals surface area contributed by atoms with Crippen molar-refractivity contribution in [2.24, 2.45) is 5.92 Å². The Kier molecular flexibility index (Phi) is 6.00. The van der Waals surface area contributed by atoms with E-state index in [-0.39, 0.29) is 17.5 Å². The minimum atomic E-state index is -1.37. The molecule has 1 fully saturated rings. The number of para-hydroxylation sites is 1. The van der Waals surface area contributed by atoms with Crippen LogP contribution in [0.5, 0.6) is 0 Å². The monoisotopic (exact) mass is 572 g/mol. The Bertz CT molecular complexity index is 1840. The quantitative estimate of drug-likeness (QED) is 0.263. The number of rotatable bonds is 4. The molecule has 0 aliphatic carbocycles. The van der Waals surface area contributed by atoms with E-state index in [2.05, 4.69) is 17.5 Å². The van der Waals surface area contributed by atoms with Gasteiger partial charge in [0.25, 0.3) is 0 Å². The lowest BCUT2D eigenvalue weighted by Crippen LogP contribution is -2.51. The number of ketones is 2. The minimum Gasteiger partial charge on any atom is -0.352 e. The van der Waals surface area contributed by atoms with E-state index < -0.39 is 23.4 Å². The number of halogens is 1. The summed E-state index contributed by atoms with van der Waals surface area (Å²) in [5.74, 6) is -1.88. The number of benzene rings is 4. The van der Waals surface area contributed by atoms with Gasteiger partial charge in [0.05, 0.1) is 17.0 Å². The van der Waals surface area contributed by atoms with E-state index in [0.717, 1.165) is 28.0 Å². The van der Waals surface area contributed by atoms with Crippen LogP contribution in [0.3, 0.4) is 0 Å². The van der Waals surface area contributed by atoms with Crippen LogP contribution in [-0.2, 0) is 10.2 Å². The maximum absolute atomic E-state index is 14.9. The van der Waals surface area contributed by atoms with Crippen molar-refractivity contribution in [1.29, 1.82) is 0 Å². The van der Waals surface area contributed by atoms with Crippen LogP contribution < -0.4 is 10.2 Å². The highest BCUT2D eigenvalue weighted by atomic mass is 35.5. The van der Waals surface area contributed by atoms with Gasteiger partial charge in [0, 0.05) is 28.1 Å². The number of hydrogen-bond donors (Lipinski definition) is 1. The number of hydrogen-bond acceptors (Lipinski definition) is 4. The van der Waals surface area contributed by atoms with Crippen LogP contribution in [0, 0.1) is 19.8 Å². The lowest BCUT2D eigenvalue weighted by Gasteiger charge is -2.39. The Hall–Kier alpha value is -4.48. The van der Waals surface area contributed by atoms with Gasteiger partial charge < -0.3 is 10.2 Å². The first-order valence-corrected chi connectivity index (χ1v) is 14.5. The van der Waals surface area contributed by atoms with Gasteiger partial charge in [-0.05, 0) is 62.2 Å². The predicted molar refractivity (Wildman–Crippen MR) is 166 cm³/mol. The Morgan fingerprint density at radius 3 is 2.29 bits per heavy atom. The third kappa shape index (κ3) is 3.59. The molecule has 7 rings (SSSR count). The van der Waals surface area contributed by atoms with Crippen LogP contribution in [0.1, 0.15) is 49.9 Å². The molecule has 3 heterocycles. The molecule has 4 aromatic carbocycles. The van der Waals surface area contributed by atoms with Crippen LogP contribution >= 0.6 is 11.6 Å². The van der Waals surface area contributed by atoms with Gasteiger partial charge in [-0.3, -0.25) is 14.4 Å². The molecule has 3 aliphatic rings. The van der Waals surface area contributed by atoms with Gasteiger partial charge in [-0.15, -0.1) is 0 Å². The van der Waals surface area contributed by atoms with Gasteiger partial charge in [0.15, 0.2) is 11.6 Å². The molecular weight excluding hydrogens is 544 g/mol. The maximum Gasteiger partial charge on any atom is 0.238 e. The molecule has 42 heavy (non-hydrogen) atoms. The average molecular weight is 573 g/mol. The fraction of sp³-hybridized carbons (Fsp3) is 0.194. The van der Waals surface area contributed by atoms with Crippen LogP contribution in [0.15, 0.2) is 97.1 Å². The molecule has 6 heteroatoms. The SMILES string of the molecule is CC1=C[C@H]2N(c3ccc(C)cc31)[C@H](C(=O)c1ccc(C)cc1)[C@H](C(=O)c1ccccc1Cl)[C@]21C(=O)Nc2ccccc21. The van der Waals surface area contributed by atoms with Gasteiger partial charge in [-0.1, -0.05) is 89.5 Å². The topological polar surface area (TPSA) is 66.5 Å². The van der Waals surface area contributed by atoms with E-state index >= 15 is 0 Å². The lowest BCUT2D eigenvalue weighted by atomic mass is 9.64. The highest BCUT2D eigenvalue weighted by molar-refractivity contribution is 6.34. The second-order valence-electron chi connectivity index (χ2n) is 11.6. The summed E-state index contributed by atoms with van der Waals surface area (Å²) in [4.78, 5) is 46.2. The first kappa shape index (κ1) is 26.4. The zero-order chi connectivity index (χ0) is 29.3. The van der Waals surface area contributed by atoms with Crippen LogP contribution in [-0.4, -0.2) is 29.6 Å². The smallest absolute Gasteiger partial charge is 0.238 e. The Balaban J connectivity index is 1.57. The molecule has 5 nitrogen and oxygen atoms in total. The number of fused-ring (bicyclic) bond motifs is 6. The lowest BCUT2D eigenvalue weighted by molar-refractivity contribution is -0.121. The molecule has 3 aliphatic heterocycles. The highest BCUT2D eigenvalue weighted by Gasteiger charge is 2.70. The number of anilines is 2. The summed E-state index contributed by atoms with van der Waals surface area (Å²) in [6.07, 6.45) is 2.07. The van der Waals surface area contributed by atoms with E-state index in [1.807, 2.05) is 74.2 Å². The largest absolute Gasteiger partial charge is 0.352 e. The molecule has 0 radical (unpaired) electrons. The van der Waals surface area contributed by atoms with Crippen molar-refractivity contribution in [2.45, 2.75) is 38.3 Å². The van der Waals surface area contributed by atoms with Gasteiger partial charge in [-0.25, -0.2) is 0 Å². The third-order valence-electron chi connectivity index (χ3n) is 9.16. The molecule has 1 saturated heterocycles. The Morgan fingerprint density at radius 2 is 1.52 bits per heavy atom. The van der Waals surface area contributed by atoms with Gasteiger partial charge in [0.1, 0.15) is 11.5 Å². The van der Waals surface area contributed by atoms with Crippen LogP contribution in [0.2, 0.25) is 5.02 Å². The summed E-state index contributed by atoms with van der Waals surface area (Å²) in [6, 6.07) is 26.4. The summed E-state index contributed by atoms with van der Waals surface area (Å²) in [5, 5.41) is 3.37. The summed E-state index contributed by atoms with van der Waals surface area (Å²) in [7, 11) is 0. The van der Waals surface area contributed by atoms with Crippen molar-refractivity contribution in [3.8, 4) is 0 Å². The predicted octanol–water partition coefficient (Wildman–Crippen LogP) is 7.20.